The number of aromatic nitrogens is 1. The summed E-state index contributed by atoms with van der Waals surface area (Å²) >= 11 is 0. The van der Waals surface area contributed by atoms with Crippen LogP contribution in [0.4, 0.5) is 0 Å². The molecule has 21 heavy (non-hydrogen) atoms. The van der Waals surface area contributed by atoms with E-state index in [0.717, 1.165) is 42.6 Å². The number of rotatable bonds is 3. The smallest absolute Gasteiger partial charge is 0.260 e. The highest BCUT2D eigenvalue weighted by Crippen LogP contribution is 2.19. The lowest BCUT2D eigenvalue weighted by molar-refractivity contribution is -0.133. The van der Waals surface area contributed by atoms with Crippen molar-refractivity contribution >= 4 is 16.8 Å². The Morgan fingerprint density at radius 3 is 2.76 bits per heavy atom. The first-order valence-corrected chi connectivity index (χ1v) is 7.58. The number of carbonyl (C=O) groups excluding carboxylic acids is 1. The first kappa shape index (κ1) is 13.9. The van der Waals surface area contributed by atoms with Crippen molar-refractivity contribution in [1.29, 1.82) is 0 Å². The Labute approximate surface area is 124 Å². The first-order valence-electron chi connectivity index (χ1n) is 7.58. The van der Waals surface area contributed by atoms with E-state index in [1.165, 1.54) is 12.8 Å². The molecule has 110 valence electrons. The van der Waals surface area contributed by atoms with E-state index in [2.05, 4.69) is 4.98 Å². The minimum atomic E-state index is 0.0863. The summed E-state index contributed by atoms with van der Waals surface area (Å²) in [5.74, 6) is 0.807. The number of nitrogens with zero attached hydrogens (tertiary/aromatic N) is 2. The summed E-state index contributed by atoms with van der Waals surface area (Å²) in [5.41, 5.74) is 0.934. The van der Waals surface area contributed by atoms with Crippen LogP contribution in [0.1, 0.15) is 25.7 Å². The average molecular weight is 284 g/mol. The van der Waals surface area contributed by atoms with Crippen LogP contribution in [0, 0.1) is 0 Å². The lowest BCUT2D eigenvalue weighted by Gasteiger charge is -2.20. The van der Waals surface area contributed by atoms with E-state index in [1.807, 2.05) is 35.2 Å². The zero-order chi connectivity index (χ0) is 14.5. The number of hydrogen-bond acceptors (Lipinski definition) is 3. The predicted octanol–water partition coefficient (Wildman–Crippen LogP) is 3.02. The quantitative estimate of drug-likeness (QED) is 0.870. The monoisotopic (exact) mass is 284 g/mol. The molecule has 4 nitrogen and oxygen atoms in total. The van der Waals surface area contributed by atoms with Gasteiger partial charge in [-0.3, -0.25) is 9.78 Å². The minimum absolute atomic E-state index is 0.0863. The van der Waals surface area contributed by atoms with Crippen LogP contribution in [-0.2, 0) is 4.79 Å². The third-order valence-corrected chi connectivity index (χ3v) is 3.90. The van der Waals surface area contributed by atoms with E-state index < -0.39 is 0 Å². The van der Waals surface area contributed by atoms with E-state index in [9.17, 15) is 4.79 Å². The Morgan fingerprint density at radius 1 is 1.14 bits per heavy atom. The molecule has 1 aliphatic rings. The summed E-state index contributed by atoms with van der Waals surface area (Å²) in [7, 11) is 0. The molecule has 0 atom stereocenters. The van der Waals surface area contributed by atoms with E-state index in [1.54, 1.807) is 6.20 Å². The normalized spacial score (nSPS) is 15.7. The molecule has 4 heteroatoms. The van der Waals surface area contributed by atoms with Gasteiger partial charge in [-0.2, -0.15) is 0 Å². The lowest BCUT2D eigenvalue weighted by atomic mass is 10.2. The van der Waals surface area contributed by atoms with Gasteiger partial charge >= 0.3 is 0 Å². The zero-order valence-electron chi connectivity index (χ0n) is 12.1. The van der Waals surface area contributed by atoms with Crippen LogP contribution in [-0.4, -0.2) is 35.5 Å². The Balaban J connectivity index is 1.61. The molecule has 0 unspecified atom stereocenters. The molecular formula is C17H20N2O2. The predicted molar refractivity (Wildman–Crippen MR) is 82.3 cm³/mol. The summed E-state index contributed by atoms with van der Waals surface area (Å²) in [5, 5.41) is 1.03. The minimum Gasteiger partial charge on any atom is -0.484 e. The fourth-order valence-electron chi connectivity index (χ4n) is 2.70. The maximum atomic E-state index is 12.2. The molecule has 1 amide bonds. The van der Waals surface area contributed by atoms with Gasteiger partial charge in [-0.1, -0.05) is 18.9 Å². The number of carbonyl (C=O) groups is 1. The van der Waals surface area contributed by atoms with E-state index in [-0.39, 0.29) is 12.5 Å². The third kappa shape index (κ3) is 3.51. The Hall–Kier alpha value is -2.10. The van der Waals surface area contributed by atoms with Gasteiger partial charge in [-0.25, -0.2) is 0 Å². The molecule has 2 heterocycles. The highest BCUT2D eigenvalue weighted by atomic mass is 16.5. The van der Waals surface area contributed by atoms with E-state index >= 15 is 0 Å². The molecule has 2 aromatic rings. The molecule has 0 saturated carbocycles. The number of amides is 1. The summed E-state index contributed by atoms with van der Waals surface area (Å²) in [6.45, 7) is 1.85. The molecule has 3 rings (SSSR count). The maximum Gasteiger partial charge on any atom is 0.260 e. The van der Waals surface area contributed by atoms with Gasteiger partial charge in [-0.15, -0.1) is 0 Å². The molecule has 1 saturated heterocycles. The molecular weight excluding hydrogens is 264 g/mol. The molecule has 1 aliphatic heterocycles. The maximum absolute atomic E-state index is 12.2. The molecule has 0 radical (unpaired) electrons. The second-order valence-corrected chi connectivity index (χ2v) is 5.44. The van der Waals surface area contributed by atoms with Crippen molar-refractivity contribution in [2.24, 2.45) is 0 Å². The van der Waals surface area contributed by atoms with Crippen molar-refractivity contribution in [3.05, 3.63) is 36.5 Å². The van der Waals surface area contributed by atoms with Crippen molar-refractivity contribution in [3.63, 3.8) is 0 Å². The van der Waals surface area contributed by atoms with Crippen LogP contribution < -0.4 is 4.74 Å². The van der Waals surface area contributed by atoms with Crippen LogP contribution in [0.2, 0.25) is 0 Å². The van der Waals surface area contributed by atoms with Gasteiger partial charge in [0.25, 0.3) is 5.91 Å². The molecule has 1 fully saturated rings. The Kier molecular flexibility index (Phi) is 4.34. The second-order valence-electron chi connectivity index (χ2n) is 5.44. The van der Waals surface area contributed by atoms with Gasteiger partial charge < -0.3 is 9.64 Å². The summed E-state index contributed by atoms with van der Waals surface area (Å²) in [4.78, 5) is 18.4. The molecule has 1 aromatic carbocycles. The van der Waals surface area contributed by atoms with E-state index in [4.69, 9.17) is 4.74 Å². The topological polar surface area (TPSA) is 42.4 Å². The number of pyridine rings is 1. The fourth-order valence-corrected chi connectivity index (χ4v) is 2.70. The lowest BCUT2D eigenvalue weighted by Crippen LogP contribution is -2.35. The Morgan fingerprint density at radius 2 is 1.95 bits per heavy atom. The standard InChI is InChI=1S/C17H20N2O2/c20-17(19-10-3-1-2-4-11-19)13-21-15-7-8-16-14(12-15)6-5-9-18-16/h5-9,12H,1-4,10-11,13H2. The highest BCUT2D eigenvalue weighted by molar-refractivity contribution is 5.80. The second kappa shape index (κ2) is 6.57. The summed E-state index contributed by atoms with van der Waals surface area (Å²) in [6.07, 6.45) is 6.43. The molecule has 0 N–H and O–H groups in total. The van der Waals surface area contributed by atoms with Crippen LogP contribution in [0.5, 0.6) is 5.75 Å². The highest BCUT2D eigenvalue weighted by Gasteiger charge is 2.15. The van der Waals surface area contributed by atoms with E-state index in [0.29, 0.717) is 0 Å². The number of fused-ring (bicyclic) bond motifs is 1. The number of likely N-dealkylation sites (tertiary alicyclic amines) is 1. The molecule has 0 bridgehead atoms. The SMILES string of the molecule is O=C(COc1ccc2ncccc2c1)N1CCCCCC1. The number of ether oxygens (including phenoxy) is 1. The summed E-state index contributed by atoms with van der Waals surface area (Å²) < 4.78 is 5.65. The van der Waals surface area contributed by atoms with Crippen LogP contribution >= 0.6 is 0 Å². The molecule has 0 aliphatic carbocycles. The largest absolute Gasteiger partial charge is 0.484 e. The Bertz CT molecular complexity index is 619. The zero-order valence-corrected chi connectivity index (χ0v) is 12.1. The van der Waals surface area contributed by atoms with Gasteiger partial charge in [0.1, 0.15) is 5.75 Å². The van der Waals surface area contributed by atoms with Crippen molar-refractivity contribution in [1.82, 2.24) is 9.88 Å². The first-order chi connectivity index (χ1) is 10.3. The van der Waals surface area contributed by atoms with Crippen molar-refractivity contribution in [2.75, 3.05) is 19.7 Å². The average Bonchev–Trinajstić information content (AvgIpc) is 2.81. The van der Waals surface area contributed by atoms with Gasteiger partial charge in [0.2, 0.25) is 0 Å². The number of hydrogen-bond donors (Lipinski definition) is 0. The molecule has 0 spiro atoms. The van der Waals surface area contributed by atoms with Crippen LogP contribution in [0.3, 0.4) is 0 Å². The van der Waals surface area contributed by atoms with Crippen molar-refractivity contribution in [2.45, 2.75) is 25.7 Å². The van der Waals surface area contributed by atoms with Crippen LogP contribution in [0.15, 0.2) is 36.5 Å². The van der Waals surface area contributed by atoms with Gasteiger partial charge in [-0.05, 0) is 37.1 Å². The van der Waals surface area contributed by atoms with Gasteiger partial charge in [0.15, 0.2) is 6.61 Å². The molecule has 1 aromatic heterocycles. The third-order valence-electron chi connectivity index (χ3n) is 3.90. The van der Waals surface area contributed by atoms with Gasteiger partial charge in [0.05, 0.1) is 5.52 Å². The van der Waals surface area contributed by atoms with Crippen molar-refractivity contribution < 1.29 is 9.53 Å². The fraction of sp³-hybridized carbons (Fsp3) is 0.412. The van der Waals surface area contributed by atoms with Gasteiger partial charge in [0, 0.05) is 24.7 Å². The van der Waals surface area contributed by atoms with Crippen molar-refractivity contribution in [3.8, 4) is 5.75 Å². The van der Waals surface area contributed by atoms with Crippen LogP contribution in [0.25, 0.3) is 10.9 Å². The summed E-state index contributed by atoms with van der Waals surface area (Å²) in [6, 6.07) is 9.60. The number of benzene rings is 1.